The Labute approximate surface area is 332 Å². The van der Waals surface area contributed by atoms with Gasteiger partial charge in [0.05, 0.1) is 0 Å². The molecule has 0 heterocycles. The van der Waals surface area contributed by atoms with Crippen molar-refractivity contribution in [1.29, 1.82) is 0 Å². The Morgan fingerprint density at radius 1 is 0.327 bits per heavy atom. The van der Waals surface area contributed by atoms with E-state index >= 15 is 0 Å². The van der Waals surface area contributed by atoms with E-state index in [1.54, 1.807) is 0 Å². The molecule has 0 aromatic heterocycles. The summed E-state index contributed by atoms with van der Waals surface area (Å²) in [6.07, 6.45) is 53.2. The molecule has 0 atom stereocenters. The molecular weight excluding hydrogens is 609 g/mol. The second kappa shape index (κ2) is 46.5. The summed E-state index contributed by atoms with van der Waals surface area (Å²) in [5.41, 5.74) is 0. The quantitative estimate of drug-likeness (QED) is 0.0470. The van der Waals surface area contributed by atoms with Gasteiger partial charge in [0.25, 0.3) is 0 Å². The number of nitrogens with zero attached hydrogens (tertiary/aromatic N) is 1. The molecule has 0 aromatic carbocycles. The van der Waals surface area contributed by atoms with Crippen molar-refractivity contribution in [2.45, 2.75) is 264 Å². The number of unbranched alkanes of at least 4 members (excludes halogenated alkanes) is 35. The second-order valence-corrected chi connectivity index (χ2v) is 15.7. The van der Waals surface area contributed by atoms with Crippen LogP contribution in [0.2, 0.25) is 0 Å². The summed E-state index contributed by atoms with van der Waals surface area (Å²) in [4.78, 5) is 13.5. The predicted octanol–water partition coefficient (Wildman–Crippen LogP) is 11.3. The normalized spacial score (nSPS) is 11.4. The summed E-state index contributed by atoms with van der Waals surface area (Å²) in [6.45, 7) is 8.05. The molecule has 4 heteroatoms. The number of carbonyl (C=O) groups is 1. The van der Waals surface area contributed by atoms with Crippen molar-refractivity contribution in [2.75, 3.05) is 19.6 Å². The van der Waals surface area contributed by atoms with Crippen LogP contribution in [0.15, 0.2) is 0 Å². The van der Waals surface area contributed by atoms with Crippen molar-refractivity contribution in [1.82, 2.24) is 4.90 Å². The van der Waals surface area contributed by atoms with E-state index in [4.69, 9.17) is 0 Å². The molecular formula is C45H90NNaO2. The van der Waals surface area contributed by atoms with Gasteiger partial charge in [-0.05, 0) is 51.7 Å². The van der Waals surface area contributed by atoms with Crippen LogP contribution in [0.1, 0.15) is 264 Å². The summed E-state index contributed by atoms with van der Waals surface area (Å²) < 4.78 is 0. The van der Waals surface area contributed by atoms with E-state index in [9.17, 15) is 9.90 Å². The summed E-state index contributed by atoms with van der Waals surface area (Å²) in [5.74, 6) is -0.895. The largest absolute Gasteiger partial charge is 1.00 e. The van der Waals surface area contributed by atoms with Crippen molar-refractivity contribution < 1.29 is 39.5 Å². The molecule has 0 amide bonds. The third-order valence-electron chi connectivity index (χ3n) is 10.8. The number of hydrogen-bond donors (Lipinski definition) is 0. The van der Waals surface area contributed by atoms with Gasteiger partial charge in [-0.25, -0.2) is 0 Å². The summed E-state index contributed by atoms with van der Waals surface area (Å²) in [6, 6.07) is 0. The first-order valence-electron chi connectivity index (χ1n) is 22.6. The molecule has 0 N–H and O–H groups in total. The number of carbonyl (C=O) groups excluding carboxylic acids is 1. The maximum Gasteiger partial charge on any atom is 1.00 e. The zero-order valence-electron chi connectivity index (χ0n) is 34.5. The van der Waals surface area contributed by atoms with Crippen molar-refractivity contribution in [3.8, 4) is 0 Å². The molecule has 49 heavy (non-hydrogen) atoms. The Hall–Kier alpha value is 0.430. The third-order valence-corrected chi connectivity index (χ3v) is 10.8. The van der Waals surface area contributed by atoms with Gasteiger partial charge in [-0.15, -0.1) is 0 Å². The first-order chi connectivity index (χ1) is 23.7. The molecule has 0 aromatic rings. The fourth-order valence-electron chi connectivity index (χ4n) is 7.41. The molecule has 0 spiro atoms. The van der Waals surface area contributed by atoms with Crippen LogP contribution in [-0.4, -0.2) is 30.5 Å². The van der Waals surface area contributed by atoms with E-state index < -0.39 is 5.97 Å². The van der Waals surface area contributed by atoms with Gasteiger partial charge >= 0.3 is 29.6 Å². The Kier molecular flexibility index (Phi) is 48.9. The Morgan fingerprint density at radius 2 is 0.510 bits per heavy atom. The molecule has 0 aliphatic carbocycles. The topological polar surface area (TPSA) is 43.4 Å². The van der Waals surface area contributed by atoms with E-state index in [0.717, 1.165) is 19.4 Å². The molecule has 0 rings (SSSR count). The molecule has 0 radical (unpaired) electrons. The minimum atomic E-state index is -0.895. The second-order valence-electron chi connectivity index (χ2n) is 15.7. The van der Waals surface area contributed by atoms with Crippen LogP contribution in [-0.2, 0) is 4.79 Å². The van der Waals surface area contributed by atoms with E-state index in [2.05, 4.69) is 18.7 Å². The molecule has 0 bridgehead atoms. The number of aliphatic carboxylic acids is 1. The van der Waals surface area contributed by atoms with Gasteiger partial charge in [0.1, 0.15) is 0 Å². The SMILES string of the molecule is CCCCCCCCCCCCCCCCCCCCN(CCCCCCCCCCCCCCCCCCCC)CCCCC(=O)[O-].[Na+]. The molecule has 288 valence electrons. The third kappa shape index (κ3) is 46.4. The number of carboxylic acid groups (broad SMARTS) is 1. The van der Waals surface area contributed by atoms with E-state index in [0.29, 0.717) is 0 Å². The molecule has 0 saturated carbocycles. The van der Waals surface area contributed by atoms with Crippen LogP contribution in [0.5, 0.6) is 0 Å². The van der Waals surface area contributed by atoms with Gasteiger partial charge in [0.15, 0.2) is 0 Å². The van der Waals surface area contributed by atoms with E-state index in [-0.39, 0.29) is 36.0 Å². The molecule has 3 nitrogen and oxygen atoms in total. The molecule has 0 unspecified atom stereocenters. The summed E-state index contributed by atoms with van der Waals surface area (Å²) >= 11 is 0. The van der Waals surface area contributed by atoms with Crippen LogP contribution in [0.25, 0.3) is 0 Å². The molecule has 0 saturated heterocycles. The zero-order valence-corrected chi connectivity index (χ0v) is 36.5. The molecule has 0 aliphatic heterocycles. The van der Waals surface area contributed by atoms with Crippen LogP contribution < -0.4 is 34.7 Å². The van der Waals surface area contributed by atoms with Gasteiger partial charge in [-0.2, -0.15) is 0 Å². The van der Waals surface area contributed by atoms with Crippen molar-refractivity contribution in [2.24, 2.45) is 0 Å². The van der Waals surface area contributed by atoms with Crippen molar-refractivity contribution in [3.63, 3.8) is 0 Å². The number of rotatable bonds is 43. The monoisotopic (exact) mass is 700 g/mol. The average molecular weight is 700 g/mol. The summed E-state index contributed by atoms with van der Waals surface area (Å²) in [7, 11) is 0. The standard InChI is InChI=1S/C45H91NO2.Na/c1-3-5-7-9-11-13-15-17-19-21-23-25-27-29-31-33-35-38-42-46(44-40-37-41-45(47)48)43-39-36-34-32-30-28-26-24-22-20-18-16-14-12-10-8-6-4-2;/h3-44H2,1-2H3,(H,47,48);/q;+1/p-1. The van der Waals surface area contributed by atoms with Crippen LogP contribution >= 0.6 is 0 Å². The first-order valence-corrected chi connectivity index (χ1v) is 22.6. The van der Waals surface area contributed by atoms with Crippen molar-refractivity contribution in [3.05, 3.63) is 0 Å². The van der Waals surface area contributed by atoms with E-state index in [1.807, 2.05) is 0 Å². The fourth-order valence-corrected chi connectivity index (χ4v) is 7.41. The number of hydrogen-bond acceptors (Lipinski definition) is 3. The van der Waals surface area contributed by atoms with Crippen LogP contribution in [0, 0.1) is 0 Å². The fraction of sp³-hybridized carbons (Fsp3) is 0.978. The Bertz CT molecular complexity index is 561. The zero-order chi connectivity index (χ0) is 34.9. The Balaban J connectivity index is 0. The Morgan fingerprint density at radius 3 is 0.714 bits per heavy atom. The summed E-state index contributed by atoms with van der Waals surface area (Å²) in [5, 5.41) is 10.8. The van der Waals surface area contributed by atoms with Gasteiger partial charge in [-0.3, -0.25) is 0 Å². The van der Waals surface area contributed by atoms with Gasteiger partial charge in [0, 0.05) is 5.97 Å². The smallest absolute Gasteiger partial charge is 0.550 e. The maximum atomic E-state index is 10.8. The maximum absolute atomic E-state index is 10.8. The van der Waals surface area contributed by atoms with Gasteiger partial charge in [0.2, 0.25) is 0 Å². The van der Waals surface area contributed by atoms with Crippen LogP contribution in [0.3, 0.4) is 0 Å². The van der Waals surface area contributed by atoms with Crippen molar-refractivity contribution >= 4 is 5.97 Å². The van der Waals surface area contributed by atoms with E-state index in [1.165, 1.54) is 244 Å². The van der Waals surface area contributed by atoms with Gasteiger partial charge in [-0.1, -0.05) is 232 Å². The minimum absolute atomic E-state index is 0. The molecule has 0 fully saturated rings. The van der Waals surface area contributed by atoms with Gasteiger partial charge < -0.3 is 14.8 Å². The number of carboxylic acids is 1. The minimum Gasteiger partial charge on any atom is -0.550 e. The predicted molar refractivity (Wildman–Crippen MR) is 213 cm³/mol. The first kappa shape index (κ1) is 51.5. The van der Waals surface area contributed by atoms with Crippen LogP contribution in [0.4, 0.5) is 0 Å². The average Bonchev–Trinajstić information content (AvgIpc) is 3.08. The molecule has 0 aliphatic rings.